The Morgan fingerprint density at radius 3 is 2.44 bits per heavy atom. The normalized spacial score (nSPS) is 16.0. The molecular weight excluding hydrogens is 361 g/mol. The Morgan fingerprint density at radius 1 is 1.11 bits per heavy atom. The number of ether oxygens (including phenoxy) is 1. The van der Waals surface area contributed by atoms with Crippen LogP contribution in [0.3, 0.4) is 0 Å². The van der Waals surface area contributed by atoms with Gasteiger partial charge >= 0.3 is 5.63 Å². The minimum Gasteiger partial charge on any atom is -0.439 e. The lowest BCUT2D eigenvalue weighted by Crippen LogP contribution is -2.26. The van der Waals surface area contributed by atoms with E-state index in [1.165, 1.54) is 6.07 Å². The van der Waals surface area contributed by atoms with E-state index in [1.807, 2.05) is 0 Å². The first-order valence-electron chi connectivity index (χ1n) is 7.70. The van der Waals surface area contributed by atoms with Crippen LogP contribution in [0.4, 0.5) is 13.2 Å². The van der Waals surface area contributed by atoms with Crippen molar-refractivity contribution in [3.8, 4) is 11.8 Å². The highest BCUT2D eigenvalue weighted by Gasteiger charge is 2.36. The van der Waals surface area contributed by atoms with Gasteiger partial charge in [0, 0.05) is 0 Å². The van der Waals surface area contributed by atoms with E-state index in [2.05, 4.69) is 0 Å². The van der Waals surface area contributed by atoms with Crippen molar-refractivity contribution < 1.29 is 22.3 Å². The third kappa shape index (κ3) is 2.44. The Bertz CT molecular complexity index is 1220. The van der Waals surface area contributed by atoms with Crippen LogP contribution < -0.4 is 16.1 Å². The molecule has 0 saturated heterocycles. The number of para-hydroxylation sites is 1. The van der Waals surface area contributed by atoms with Crippen LogP contribution >= 0.6 is 0 Å². The van der Waals surface area contributed by atoms with Gasteiger partial charge < -0.3 is 14.9 Å². The molecular formula is C19H9F3N2O3. The molecule has 8 heteroatoms. The van der Waals surface area contributed by atoms with E-state index in [-0.39, 0.29) is 33.9 Å². The Hall–Kier alpha value is -3.73. The largest absolute Gasteiger partial charge is 0.439 e. The zero-order valence-corrected chi connectivity index (χ0v) is 13.4. The summed E-state index contributed by atoms with van der Waals surface area (Å²) in [4.78, 5) is 12.6. The van der Waals surface area contributed by atoms with Crippen LogP contribution in [-0.2, 0) is 0 Å². The van der Waals surface area contributed by atoms with Crippen LogP contribution in [0.2, 0.25) is 0 Å². The van der Waals surface area contributed by atoms with Crippen LogP contribution in [0, 0.1) is 28.8 Å². The van der Waals surface area contributed by atoms with E-state index in [1.54, 1.807) is 24.3 Å². The molecule has 4 rings (SSSR count). The van der Waals surface area contributed by atoms with Crippen molar-refractivity contribution >= 4 is 11.0 Å². The number of nitriles is 1. The summed E-state index contributed by atoms with van der Waals surface area (Å²) in [5.74, 6) is -6.15. The van der Waals surface area contributed by atoms with Gasteiger partial charge in [-0.2, -0.15) is 5.26 Å². The number of fused-ring (bicyclic) bond motifs is 3. The average molecular weight is 370 g/mol. The van der Waals surface area contributed by atoms with Crippen molar-refractivity contribution in [2.24, 2.45) is 5.73 Å². The first-order chi connectivity index (χ1) is 12.9. The lowest BCUT2D eigenvalue weighted by atomic mass is 9.83. The van der Waals surface area contributed by atoms with Gasteiger partial charge in [0.05, 0.1) is 16.9 Å². The third-order valence-corrected chi connectivity index (χ3v) is 4.31. The van der Waals surface area contributed by atoms with E-state index in [0.717, 1.165) is 0 Å². The standard InChI is InChI=1S/C19H9F3N2O3/c20-11-5-8(6-12(21)16(11)22)14-10(7-23)18(24)27-17-9-3-1-2-4-13(9)26-19(25)15(14)17/h1-6,14H,24H2. The van der Waals surface area contributed by atoms with Gasteiger partial charge in [-0.3, -0.25) is 0 Å². The molecule has 2 aromatic carbocycles. The second-order valence-electron chi connectivity index (χ2n) is 5.85. The summed E-state index contributed by atoms with van der Waals surface area (Å²) in [6.45, 7) is 0. The Kier molecular flexibility index (Phi) is 3.66. The van der Waals surface area contributed by atoms with Crippen LogP contribution in [0.15, 0.2) is 57.1 Å². The summed E-state index contributed by atoms with van der Waals surface area (Å²) in [5.41, 5.74) is 4.61. The molecule has 1 aliphatic heterocycles. The van der Waals surface area contributed by atoms with Crippen molar-refractivity contribution in [2.45, 2.75) is 5.92 Å². The molecule has 0 bridgehead atoms. The Balaban J connectivity index is 2.10. The van der Waals surface area contributed by atoms with Gasteiger partial charge in [0.2, 0.25) is 5.88 Å². The van der Waals surface area contributed by atoms with Crippen molar-refractivity contribution in [3.63, 3.8) is 0 Å². The number of nitrogens with two attached hydrogens (primary N) is 1. The van der Waals surface area contributed by atoms with Gasteiger partial charge in [-0.15, -0.1) is 0 Å². The molecule has 27 heavy (non-hydrogen) atoms. The molecule has 0 aliphatic carbocycles. The summed E-state index contributed by atoms with van der Waals surface area (Å²) in [6.07, 6.45) is 0. The molecule has 1 aromatic heterocycles. The monoisotopic (exact) mass is 370 g/mol. The van der Waals surface area contributed by atoms with Gasteiger partial charge in [-0.05, 0) is 29.8 Å². The third-order valence-electron chi connectivity index (χ3n) is 4.31. The van der Waals surface area contributed by atoms with E-state index in [4.69, 9.17) is 14.9 Å². The zero-order valence-electron chi connectivity index (χ0n) is 13.4. The van der Waals surface area contributed by atoms with Gasteiger partial charge in [-0.25, -0.2) is 18.0 Å². The molecule has 3 aromatic rings. The predicted molar refractivity (Wildman–Crippen MR) is 88.1 cm³/mol. The average Bonchev–Trinajstić information content (AvgIpc) is 2.64. The fourth-order valence-electron chi connectivity index (χ4n) is 3.14. The SMILES string of the molecule is N#CC1=C(N)Oc2c(c(=O)oc3ccccc23)C1c1cc(F)c(F)c(F)c1. The molecule has 0 radical (unpaired) electrons. The second-order valence-corrected chi connectivity index (χ2v) is 5.85. The number of hydrogen-bond donors (Lipinski definition) is 1. The smallest absolute Gasteiger partial charge is 0.344 e. The summed E-state index contributed by atoms with van der Waals surface area (Å²) < 4.78 is 51.6. The van der Waals surface area contributed by atoms with Crippen LogP contribution in [0.1, 0.15) is 17.0 Å². The molecule has 1 unspecified atom stereocenters. The minimum absolute atomic E-state index is 0.0218. The summed E-state index contributed by atoms with van der Waals surface area (Å²) in [5, 5.41) is 9.84. The maximum atomic E-state index is 13.8. The molecule has 0 spiro atoms. The van der Waals surface area contributed by atoms with Gasteiger partial charge in [0.1, 0.15) is 17.2 Å². The number of halogens is 3. The number of allylic oxidation sites excluding steroid dienone is 1. The first kappa shape index (κ1) is 16.7. The first-order valence-corrected chi connectivity index (χ1v) is 7.70. The van der Waals surface area contributed by atoms with Crippen LogP contribution in [-0.4, -0.2) is 0 Å². The molecule has 5 nitrogen and oxygen atoms in total. The molecule has 0 fully saturated rings. The molecule has 0 amide bonds. The highest BCUT2D eigenvalue weighted by Crippen LogP contribution is 2.43. The minimum atomic E-state index is -1.66. The maximum absolute atomic E-state index is 13.8. The highest BCUT2D eigenvalue weighted by molar-refractivity contribution is 5.86. The quantitative estimate of drug-likeness (QED) is 0.524. The number of nitrogens with zero attached hydrogens (tertiary/aromatic N) is 1. The van der Waals surface area contributed by atoms with Crippen molar-refractivity contribution in [1.82, 2.24) is 0 Å². The topological polar surface area (TPSA) is 89.3 Å². The summed E-state index contributed by atoms with van der Waals surface area (Å²) in [7, 11) is 0. The molecule has 2 heterocycles. The maximum Gasteiger partial charge on any atom is 0.344 e. The number of hydrogen-bond acceptors (Lipinski definition) is 5. The molecule has 1 aliphatic rings. The predicted octanol–water partition coefficient (Wildman–Crippen LogP) is 3.43. The van der Waals surface area contributed by atoms with E-state index >= 15 is 0 Å². The van der Waals surface area contributed by atoms with E-state index in [9.17, 15) is 23.2 Å². The lowest BCUT2D eigenvalue weighted by molar-refractivity contribution is 0.387. The Morgan fingerprint density at radius 2 is 1.78 bits per heavy atom. The fourth-order valence-corrected chi connectivity index (χ4v) is 3.14. The summed E-state index contributed by atoms with van der Waals surface area (Å²) in [6, 6.07) is 9.64. The van der Waals surface area contributed by atoms with Gasteiger partial charge in [0.15, 0.2) is 23.2 Å². The van der Waals surface area contributed by atoms with Gasteiger partial charge in [-0.1, -0.05) is 12.1 Å². The molecule has 0 saturated carbocycles. The Labute approximate surface area is 149 Å². The van der Waals surface area contributed by atoms with Crippen molar-refractivity contribution in [2.75, 3.05) is 0 Å². The molecule has 2 N–H and O–H groups in total. The van der Waals surface area contributed by atoms with E-state index < -0.39 is 29.0 Å². The van der Waals surface area contributed by atoms with Crippen LogP contribution in [0.25, 0.3) is 11.0 Å². The van der Waals surface area contributed by atoms with Crippen molar-refractivity contribution in [3.05, 3.63) is 86.9 Å². The fraction of sp³-hybridized carbons (Fsp3) is 0.0526. The lowest BCUT2D eigenvalue weighted by Gasteiger charge is -2.26. The number of benzene rings is 2. The summed E-state index contributed by atoms with van der Waals surface area (Å²) >= 11 is 0. The van der Waals surface area contributed by atoms with Crippen LogP contribution in [0.5, 0.6) is 5.75 Å². The number of rotatable bonds is 1. The van der Waals surface area contributed by atoms with Gasteiger partial charge in [0.25, 0.3) is 0 Å². The highest BCUT2D eigenvalue weighted by atomic mass is 19.2. The second kappa shape index (κ2) is 5.92. The zero-order chi connectivity index (χ0) is 19.3. The molecule has 1 atom stereocenters. The van der Waals surface area contributed by atoms with E-state index in [0.29, 0.717) is 17.5 Å². The molecule has 134 valence electrons. The van der Waals surface area contributed by atoms with Crippen molar-refractivity contribution in [1.29, 1.82) is 5.26 Å².